The van der Waals surface area contributed by atoms with Crippen LogP contribution in [-0.2, 0) is 9.53 Å². The number of nitriles is 1. The number of rotatable bonds is 6. The number of phenolic OH excluding ortho intramolecular Hbond substituents is 1. The minimum absolute atomic E-state index is 0.0449. The van der Waals surface area contributed by atoms with Crippen molar-refractivity contribution < 1.29 is 14.6 Å². The number of hydrogen-bond donors (Lipinski definition) is 2. The van der Waals surface area contributed by atoms with Crippen molar-refractivity contribution in [1.29, 1.82) is 5.26 Å². The van der Waals surface area contributed by atoms with Crippen molar-refractivity contribution in [3.63, 3.8) is 0 Å². The van der Waals surface area contributed by atoms with Gasteiger partial charge in [-0.15, -0.1) is 11.3 Å². The summed E-state index contributed by atoms with van der Waals surface area (Å²) < 4.78 is 5.80. The third kappa shape index (κ3) is 3.85. The van der Waals surface area contributed by atoms with E-state index in [9.17, 15) is 9.90 Å². The van der Waals surface area contributed by atoms with Crippen LogP contribution in [0.1, 0.15) is 11.3 Å². The zero-order chi connectivity index (χ0) is 15.9. The molecule has 0 saturated heterocycles. The van der Waals surface area contributed by atoms with Crippen LogP contribution in [0.2, 0.25) is 0 Å². The number of methoxy groups -OCH3 is 1. The number of benzene rings is 1. The summed E-state index contributed by atoms with van der Waals surface area (Å²) in [4.78, 5) is 12.7. The van der Waals surface area contributed by atoms with Gasteiger partial charge in [-0.1, -0.05) is 6.07 Å². The average molecular weight is 316 g/mol. The molecule has 0 aliphatic heterocycles. The Bertz CT molecular complexity index is 743. The average Bonchev–Trinajstić information content (AvgIpc) is 2.93. The maximum Gasteiger partial charge on any atom is 0.261 e. The van der Waals surface area contributed by atoms with Crippen LogP contribution >= 0.6 is 11.3 Å². The van der Waals surface area contributed by atoms with E-state index in [-0.39, 0.29) is 11.3 Å². The molecule has 1 heterocycles. The number of ether oxygens (including phenoxy) is 1. The first kappa shape index (κ1) is 16.0. The largest absolute Gasteiger partial charge is 0.507 e. The lowest BCUT2D eigenvalue weighted by molar-refractivity contribution is -0.117. The lowest BCUT2D eigenvalue weighted by Crippen LogP contribution is -2.26. The normalized spacial score (nSPS) is 11.4. The Labute approximate surface area is 132 Å². The van der Waals surface area contributed by atoms with Crippen molar-refractivity contribution >= 4 is 33.4 Å². The molecule has 2 rings (SSSR count). The van der Waals surface area contributed by atoms with Crippen LogP contribution in [0.5, 0.6) is 5.75 Å². The summed E-state index contributed by atoms with van der Waals surface area (Å²) in [6.45, 7) is 1.01. The molecule has 0 spiro atoms. The van der Waals surface area contributed by atoms with Crippen LogP contribution in [0.3, 0.4) is 0 Å². The van der Waals surface area contributed by atoms with E-state index in [1.165, 1.54) is 17.4 Å². The van der Waals surface area contributed by atoms with E-state index in [0.717, 1.165) is 15.0 Å². The predicted octanol–water partition coefficient (Wildman–Crippen LogP) is 2.67. The highest BCUT2D eigenvalue weighted by atomic mass is 32.1. The van der Waals surface area contributed by atoms with E-state index in [2.05, 4.69) is 5.32 Å². The molecular formula is C16H16N2O3S. The first-order valence-electron chi connectivity index (χ1n) is 6.76. The van der Waals surface area contributed by atoms with Gasteiger partial charge in [0.2, 0.25) is 0 Å². The van der Waals surface area contributed by atoms with Crippen LogP contribution in [0.4, 0.5) is 0 Å². The number of phenols is 1. The highest BCUT2D eigenvalue weighted by Crippen LogP contribution is 2.32. The van der Waals surface area contributed by atoms with E-state index in [0.29, 0.717) is 19.6 Å². The van der Waals surface area contributed by atoms with E-state index in [4.69, 9.17) is 10.00 Å². The lowest BCUT2D eigenvalue weighted by Gasteiger charge is -2.03. The molecule has 0 fully saturated rings. The molecule has 5 nitrogen and oxygen atoms in total. The monoisotopic (exact) mass is 316 g/mol. The van der Waals surface area contributed by atoms with Crippen LogP contribution in [0.15, 0.2) is 29.8 Å². The molecule has 1 aromatic heterocycles. The molecule has 1 aromatic carbocycles. The number of aromatic hydroxyl groups is 1. The standard InChI is InChI=1S/C16H16N2O3S/c1-21-7-3-6-18-16(20)11(10-17)8-12-9-13-14(19)4-2-5-15(13)22-12/h2,4-5,8-9,19H,3,6-7H2,1H3,(H,18,20). The molecule has 1 amide bonds. The van der Waals surface area contributed by atoms with Crippen LogP contribution in [-0.4, -0.2) is 31.3 Å². The second-order valence-corrected chi connectivity index (χ2v) is 5.73. The van der Waals surface area contributed by atoms with Crippen molar-refractivity contribution in [1.82, 2.24) is 5.32 Å². The maximum absolute atomic E-state index is 11.9. The first-order chi connectivity index (χ1) is 10.7. The van der Waals surface area contributed by atoms with Gasteiger partial charge in [0.1, 0.15) is 17.4 Å². The van der Waals surface area contributed by atoms with Gasteiger partial charge in [0.15, 0.2) is 0 Å². The predicted molar refractivity (Wildman–Crippen MR) is 86.6 cm³/mol. The summed E-state index contributed by atoms with van der Waals surface area (Å²) in [6.07, 6.45) is 2.23. The molecule has 2 aromatic rings. The molecule has 0 unspecified atom stereocenters. The summed E-state index contributed by atoms with van der Waals surface area (Å²) in [6, 6.07) is 8.93. The summed E-state index contributed by atoms with van der Waals surface area (Å²) in [7, 11) is 1.60. The molecule has 0 bridgehead atoms. The Balaban J connectivity index is 2.15. The smallest absolute Gasteiger partial charge is 0.261 e. The minimum atomic E-state index is -0.403. The molecule has 0 saturated carbocycles. The zero-order valence-electron chi connectivity index (χ0n) is 12.1. The zero-order valence-corrected chi connectivity index (χ0v) is 12.9. The molecule has 114 valence electrons. The van der Waals surface area contributed by atoms with Gasteiger partial charge in [-0.25, -0.2) is 0 Å². The van der Waals surface area contributed by atoms with Gasteiger partial charge in [0.25, 0.3) is 5.91 Å². The second-order valence-electron chi connectivity index (χ2n) is 4.61. The fourth-order valence-electron chi connectivity index (χ4n) is 1.94. The molecule has 0 radical (unpaired) electrons. The Hall–Kier alpha value is -2.36. The summed E-state index contributed by atoms with van der Waals surface area (Å²) in [5, 5.41) is 22.3. The van der Waals surface area contributed by atoms with Crippen LogP contribution in [0, 0.1) is 11.3 Å². The molecular weight excluding hydrogens is 300 g/mol. The van der Waals surface area contributed by atoms with Crippen molar-refractivity contribution in [3.05, 3.63) is 34.7 Å². The van der Waals surface area contributed by atoms with Crippen molar-refractivity contribution in [2.24, 2.45) is 0 Å². The van der Waals surface area contributed by atoms with Gasteiger partial charge >= 0.3 is 0 Å². The fourth-order valence-corrected chi connectivity index (χ4v) is 2.97. The number of carbonyl (C=O) groups excluding carboxylic acids is 1. The molecule has 22 heavy (non-hydrogen) atoms. The Morgan fingerprint density at radius 1 is 1.55 bits per heavy atom. The third-order valence-corrected chi connectivity index (χ3v) is 4.07. The lowest BCUT2D eigenvalue weighted by atomic mass is 10.2. The molecule has 0 aliphatic rings. The minimum Gasteiger partial charge on any atom is -0.507 e. The van der Waals surface area contributed by atoms with E-state index in [1.807, 2.05) is 12.1 Å². The number of hydrogen-bond acceptors (Lipinski definition) is 5. The molecule has 0 aliphatic carbocycles. The first-order valence-corrected chi connectivity index (χ1v) is 7.58. The Kier molecular flexibility index (Phi) is 5.53. The molecule has 6 heteroatoms. The van der Waals surface area contributed by atoms with Crippen LogP contribution < -0.4 is 5.32 Å². The van der Waals surface area contributed by atoms with Crippen molar-refractivity contribution in [3.8, 4) is 11.8 Å². The van der Waals surface area contributed by atoms with Crippen molar-refractivity contribution in [2.45, 2.75) is 6.42 Å². The Morgan fingerprint density at radius 3 is 3.05 bits per heavy atom. The third-order valence-electron chi connectivity index (χ3n) is 3.02. The maximum atomic E-state index is 11.9. The van der Waals surface area contributed by atoms with E-state index >= 15 is 0 Å². The van der Waals surface area contributed by atoms with Gasteiger partial charge in [-0.05, 0) is 30.7 Å². The SMILES string of the molecule is COCCCNC(=O)C(C#N)=Cc1cc2c(O)cccc2s1. The van der Waals surface area contributed by atoms with Crippen molar-refractivity contribution in [2.75, 3.05) is 20.3 Å². The van der Waals surface area contributed by atoms with Crippen LogP contribution in [0.25, 0.3) is 16.2 Å². The number of fused-ring (bicyclic) bond motifs is 1. The highest BCUT2D eigenvalue weighted by molar-refractivity contribution is 7.19. The molecule has 0 atom stereocenters. The van der Waals surface area contributed by atoms with E-state index < -0.39 is 5.91 Å². The van der Waals surface area contributed by atoms with E-state index in [1.54, 1.807) is 25.3 Å². The second kappa shape index (κ2) is 7.59. The summed E-state index contributed by atoms with van der Waals surface area (Å²) >= 11 is 1.42. The van der Waals surface area contributed by atoms with Gasteiger partial charge < -0.3 is 15.2 Å². The number of amides is 1. The van der Waals surface area contributed by atoms with Gasteiger partial charge in [-0.3, -0.25) is 4.79 Å². The van der Waals surface area contributed by atoms with Gasteiger partial charge in [-0.2, -0.15) is 5.26 Å². The quantitative estimate of drug-likeness (QED) is 0.487. The fraction of sp³-hybridized carbons (Fsp3) is 0.250. The summed E-state index contributed by atoms with van der Waals surface area (Å²) in [5.74, 6) is -0.212. The van der Waals surface area contributed by atoms with Gasteiger partial charge in [0.05, 0.1) is 0 Å². The number of carbonyl (C=O) groups is 1. The molecule has 2 N–H and O–H groups in total. The Morgan fingerprint density at radius 2 is 2.36 bits per heavy atom. The topological polar surface area (TPSA) is 82.3 Å². The highest BCUT2D eigenvalue weighted by Gasteiger charge is 2.10. The number of nitrogens with one attached hydrogen (secondary N) is 1. The van der Waals surface area contributed by atoms with Gasteiger partial charge in [0, 0.05) is 35.2 Å². The summed E-state index contributed by atoms with van der Waals surface area (Å²) in [5.41, 5.74) is 0.0449. The number of thiophene rings is 1. The number of nitrogens with zero attached hydrogens (tertiary/aromatic N) is 1.